The minimum Gasteiger partial charge on any atom is -0.493 e. The number of rotatable bonds is 6. The van der Waals surface area contributed by atoms with Gasteiger partial charge in [0.2, 0.25) is 0 Å². The van der Waals surface area contributed by atoms with Crippen LogP contribution >= 0.6 is 11.6 Å². The van der Waals surface area contributed by atoms with E-state index in [1.165, 1.54) is 0 Å². The predicted octanol–water partition coefficient (Wildman–Crippen LogP) is 4.67. The highest BCUT2D eigenvalue weighted by molar-refractivity contribution is 6.30. The summed E-state index contributed by atoms with van der Waals surface area (Å²) in [5.74, 6) is 0.351. The summed E-state index contributed by atoms with van der Waals surface area (Å²) in [6.07, 6.45) is 1.67. The summed E-state index contributed by atoms with van der Waals surface area (Å²) >= 11 is 6.02. The predicted molar refractivity (Wildman–Crippen MR) is 92.3 cm³/mol. The van der Waals surface area contributed by atoms with Gasteiger partial charge in [-0.25, -0.2) is 4.79 Å². The number of ether oxygens (including phenoxy) is 2. The fourth-order valence-corrected chi connectivity index (χ4v) is 2.16. The van der Waals surface area contributed by atoms with E-state index < -0.39 is 0 Å². The second-order valence-electron chi connectivity index (χ2n) is 4.64. The molecule has 120 valence electrons. The van der Waals surface area contributed by atoms with Crippen LogP contribution in [0.5, 0.6) is 5.75 Å². The quantitative estimate of drug-likeness (QED) is 0.571. The molecule has 0 aliphatic rings. The van der Waals surface area contributed by atoms with Gasteiger partial charge in [0.15, 0.2) is 0 Å². The third kappa shape index (κ3) is 4.83. The second kappa shape index (κ2) is 8.34. The molecule has 0 spiro atoms. The third-order valence-electron chi connectivity index (χ3n) is 2.98. The lowest BCUT2D eigenvalue weighted by molar-refractivity contribution is 0.0526. The lowest BCUT2D eigenvalue weighted by Crippen LogP contribution is -2.03. The molecule has 0 fully saturated rings. The maximum absolute atomic E-state index is 11.7. The molecule has 4 nitrogen and oxygen atoms in total. The Balaban J connectivity index is 2.25. The number of hydrogen-bond acceptors (Lipinski definition) is 4. The molecule has 23 heavy (non-hydrogen) atoms. The van der Waals surface area contributed by atoms with Crippen molar-refractivity contribution in [2.24, 2.45) is 4.99 Å². The van der Waals surface area contributed by atoms with E-state index in [1.807, 2.05) is 19.1 Å². The van der Waals surface area contributed by atoms with Crippen LogP contribution in [0.3, 0.4) is 0 Å². The zero-order chi connectivity index (χ0) is 16.7. The maximum atomic E-state index is 11.7. The van der Waals surface area contributed by atoms with Gasteiger partial charge in [-0.1, -0.05) is 17.7 Å². The summed E-state index contributed by atoms with van der Waals surface area (Å²) in [6.45, 7) is 4.58. The fourth-order valence-electron chi connectivity index (χ4n) is 1.98. The van der Waals surface area contributed by atoms with Gasteiger partial charge in [0, 0.05) is 16.8 Å². The first kappa shape index (κ1) is 17.0. The Labute approximate surface area is 140 Å². The minimum absolute atomic E-state index is 0.340. The monoisotopic (exact) mass is 331 g/mol. The van der Waals surface area contributed by atoms with Crippen LogP contribution in [-0.4, -0.2) is 25.4 Å². The summed E-state index contributed by atoms with van der Waals surface area (Å²) in [5, 5.41) is 0.607. The summed E-state index contributed by atoms with van der Waals surface area (Å²) < 4.78 is 10.5. The van der Waals surface area contributed by atoms with Crippen molar-refractivity contribution in [2.75, 3.05) is 13.2 Å². The molecule has 0 radical (unpaired) electrons. The first-order valence-corrected chi connectivity index (χ1v) is 7.75. The number of halogens is 1. The van der Waals surface area contributed by atoms with Gasteiger partial charge >= 0.3 is 5.97 Å². The fraction of sp³-hybridized carbons (Fsp3) is 0.222. The average Bonchev–Trinajstić information content (AvgIpc) is 2.56. The van der Waals surface area contributed by atoms with E-state index in [-0.39, 0.29) is 5.97 Å². The van der Waals surface area contributed by atoms with E-state index in [9.17, 15) is 4.79 Å². The molecule has 0 N–H and O–H groups in total. The van der Waals surface area contributed by atoms with Gasteiger partial charge < -0.3 is 9.47 Å². The van der Waals surface area contributed by atoms with Crippen molar-refractivity contribution in [3.8, 4) is 5.75 Å². The van der Waals surface area contributed by atoms with Crippen LogP contribution in [0, 0.1) is 0 Å². The molecule has 0 aliphatic carbocycles. The molecule has 0 saturated carbocycles. The number of benzene rings is 2. The highest BCUT2D eigenvalue weighted by Crippen LogP contribution is 2.23. The van der Waals surface area contributed by atoms with Crippen molar-refractivity contribution >= 4 is 29.5 Å². The van der Waals surface area contributed by atoms with E-state index >= 15 is 0 Å². The van der Waals surface area contributed by atoms with Crippen LogP contribution in [0.15, 0.2) is 47.5 Å². The maximum Gasteiger partial charge on any atom is 0.338 e. The normalized spacial score (nSPS) is 10.7. The first-order valence-electron chi connectivity index (χ1n) is 7.37. The van der Waals surface area contributed by atoms with Crippen LogP contribution in [0.1, 0.15) is 29.8 Å². The Hall–Kier alpha value is -2.33. The molecular weight excluding hydrogens is 314 g/mol. The molecular formula is C18H18ClNO3. The number of hydrogen-bond donors (Lipinski definition) is 0. The number of esters is 1. The van der Waals surface area contributed by atoms with Gasteiger partial charge in [-0.05, 0) is 50.2 Å². The van der Waals surface area contributed by atoms with Crippen LogP contribution in [0.4, 0.5) is 5.69 Å². The topological polar surface area (TPSA) is 47.9 Å². The van der Waals surface area contributed by atoms with Crippen molar-refractivity contribution in [3.63, 3.8) is 0 Å². The smallest absolute Gasteiger partial charge is 0.338 e. The van der Waals surface area contributed by atoms with Crippen molar-refractivity contribution in [2.45, 2.75) is 13.8 Å². The number of nitrogens with zero attached hydrogens (tertiary/aromatic N) is 1. The summed E-state index contributed by atoms with van der Waals surface area (Å²) in [5.41, 5.74) is 1.90. The van der Waals surface area contributed by atoms with E-state index in [4.69, 9.17) is 21.1 Å². The molecule has 2 aromatic carbocycles. The van der Waals surface area contributed by atoms with Crippen molar-refractivity contribution in [1.82, 2.24) is 0 Å². The molecule has 2 rings (SSSR count). The molecule has 0 aromatic heterocycles. The molecule has 0 bridgehead atoms. The lowest BCUT2D eigenvalue weighted by Gasteiger charge is -2.07. The van der Waals surface area contributed by atoms with E-state index in [2.05, 4.69) is 4.99 Å². The van der Waals surface area contributed by atoms with Crippen LogP contribution < -0.4 is 4.74 Å². The van der Waals surface area contributed by atoms with E-state index in [1.54, 1.807) is 43.5 Å². The van der Waals surface area contributed by atoms with Gasteiger partial charge in [-0.2, -0.15) is 0 Å². The largest absolute Gasteiger partial charge is 0.493 e. The standard InChI is InChI=1S/C18H18ClNO3/c1-3-22-17-9-8-15(19)10-14(17)12-20-16-7-5-6-13(11-16)18(21)23-4-2/h5-12H,3-4H2,1-2H3. The van der Waals surface area contributed by atoms with Crippen molar-refractivity contribution in [3.05, 3.63) is 58.6 Å². The summed E-state index contributed by atoms with van der Waals surface area (Å²) in [6, 6.07) is 12.3. The third-order valence-corrected chi connectivity index (χ3v) is 3.22. The molecule has 0 unspecified atom stereocenters. The first-order chi connectivity index (χ1) is 11.1. The lowest BCUT2D eigenvalue weighted by atomic mass is 10.2. The van der Waals surface area contributed by atoms with Gasteiger partial charge in [-0.15, -0.1) is 0 Å². The average molecular weight is 332 g/mol. The van der Waals surface area contributed by atoms with Crippen LogP contribution in [-0.2, 0) is 4.74 Å². The van der Waals surface area contributed by atoms with Gasteiger partial charge in [0.1, 0.15) is 5.75 Å². The van der Waals surface area contributed by atoms with Gasteiger partial charge in [0.05, 0.1) is 24.5 Å². The molecule has 0 aliphatic heterocycles. The zero-order valence-electron chi connectivity index (χ0n) is 13.1. The highest BCUT2D eigenvalue weighted by atomic mass is 35.5. The van der Waals surface area contributed by atoms with Crippen LogP contribution in [0.2, 0.25) is 5.02 Å². The molecule has 0 heterocycles. The van der Waals surface area contributed by atoms with Crippen molar-refractivity contribution < 1.29 is 14.3 Å². The minimum atomic E-state index is -0.359. The molecule has 0 atom stereocenters. The number of carbonyl (C=O) groups excluding carboxylic acids is 1. The van der Waals surface area contributed by atoms with Gasteiger partial charge in [0.25, 0.3) is 0 Å². The summed E-state index contributed by atoms with van der Waals surface area (Å²) in [7, 11) is 0. The van der Waals surface area contributed by atoms with E-state index in [0.717, 1.165) is 5.56 Å². The number of aliphatic imine (C=N–C) groups is 1. The Morgan fingerprint density at radius 1 is 1.17 bits per heavy atom. The Kier molecular flexibility index (Phi) is 6.18. The Morgan fingerprint density at radius 2 is 2.00 bits per heavy atom. The number of carbonyl (C=O) groups is 1. The van der Waals surface area contributed by atoms with Crippen LogP contribution in [0.25, 0.3) is 0 Å². The van der Waals surface area contributed by atoms with Gasteiger partial charge in [-0.3, -0.25) is 4.99 Å². The molecule has 0 saturated heterocycles. The molecule has 0 amide bonds. The second-order valence-corrected chi connectivity index (χ2v) is 5.08. The molecule has 2 aromatic rings. The SMILES string of the molecule is CCOC(=O)c1cccc(N=Cc2cc(Cl)ccc2OCC)c1. The summed E-state index contributed by atoms with van der Waals surface area (Å²) in [4.78, 5) is 16.1. The van der Waals surface area contributed by atoms with E-state index in [0.29, 0.717) is 35.2 Å². The highest BCUT2D eigenvalue weighted by Gasteiger charge is 2.06. The Bertz CT molecular complexity index is 713. The van der Waals surface area contributed by atoms with Crippen molar-refractivity contribution in [1.29, 1.82) is 0 Å². The Morgan fingerprint density at radius 3 is 2.74 bits per heavy atom. The molecule has 5 heteroatoms. The zero-order valence-corrected chi connectivity index (χ0v) is 13.8.